The highest BCUT2D eigenvalue weighted by molar-refractivity contribution is 7.90. The van der Waals surface area contributed by atoms with Crippen LogP contribution in [0.25, 0.3) is 23.3 Å². The highest BCUT2D eigenvalue weighted by Gasteiger charge is 2.26. The van der Waals surface area contributed by atoms with E-state index in [0.29, 0.717) is 39.4 Å². The second-order valence-electron chi connectivity index (χ2n) is 8.49. The van der Waals surface area contributed by atoms with Gasteiger partial charge in [0, 0.05) is 22.4 Å². The van der Waals surface area contributed by atoms with Gasteiger partial charge in [0.15, 0.2) is 11.5 Å². The molecule has 0 bridgehead atoms. The van der Waals surface area contributed by atoms with E-state index in [2.05, 4.69) is 5.32 Å². The summed E-state index contributed by atoms with van der Waals surface area (Å²) in [6, 6.07) is 4.24. The fraction of sp³-hybridized carbons (Fsp3) is 0.375. The van der Waals surface area contributed by atoms with E-state index in [1.165, 1.54) is 18.4 Å². The number of amides is 1. The van der Waals surface area contributed by atoms with E-state index in [1.54, 1.807) is 47.1 Å². The maximum atomic E-state index is 12.5. The summed E-state index contributed by atoms with van der Waals surface area (Å²) < 4.78 is 37.6. The van der Waals surface area contributed by atoms with Crippen molar-refractivity contribution in [3.8, 4) is 11.5 Å². The number of nitrogens with zero attached hydrogens (tertiary/aromatic N) is 2. The van der Waals surface area contributed by atoms with Gasteiger partial charge in [0.2, 0.25) is 5.91 Å². The van der Waals surface area contributed by atoms with Gasteiger partial charge < -0.3 is 34.5 Å². The highest BCUT2D eigenvalue weighted by atomic mass is 32.2. The van der Waals surface area contributed by atoms with Gasteiger partial charge in [0.25, 0.3) is 0 Å². The molecule has 0 fully saturated rings. The molecule has 1 unspecified atom stereocenters. The molecular formula is C24H31N3O7S2. The number of rotatable bonds is 10. The molecule has 2 aromatic heterocycles. The summed E-state index contributed by atoms with van der Waals surface area (Å²) in [6.45, 7) is 2.35. The van der Waals surface area contributed by atoms with E-state index < -0.39 is 15.9 Å². The summed E-state index contributed by atoms with van der Waals surface area (Å²) >= 11 is 1.25. The van der Waals surface area contributed by atoms with E-state index in [9.17, 15) is 23.4 Å². The fourth-order valence-corrected chi connectivity index (χ4v) is 5.99. The zero-order valence-corrected chi connectivity index (χ0v) is 22.4. The minimum atomic E-state index is -3.53. The number of sulfone groups is 1. The van der Waals surface area contributed by atoms with Gasteiger partial charge in [-0.25, -0.2) is 8.42 Å². The van der Waals surface area contributed by atoms with Crippen LogP contribution in [0.2, 0.25) is 0 Å². The van der Waals surface area contributed by atoms with E-state index >= 15 is 0 Å². The molecule has 1 aromatic carbocycles. The van der Waals surface area contributed by atoms with Gasteiger partial charge >= 0.3 is 0 Å². The van der Waals surface area contributed by atoms with Crippen LogP contribution in [0.15, 0.2) is 23.6 Å². The minimum Gasteiger partial charge on any atom is -0.513 e. The monoisotopic (exact) mass is 537 g/mol. The average molecular weight is 538 g/mol. The second-order valence-corrected chi connectivity index (χ2v) is 11.6. The number of carbonyl (C=O) groups excluding carboxylic acids is 1. The van der Waals surface area contributed by atoms with Crippen LogP contribution in [-0.4, -0.2) is 80.4 Å². The largest absolute Gasteiger partial charge is 0.513 e. The molecule has 3 aromatic rings. The number of aliphatic hydroxyl groups excluding tert-OH is 2. The van der Waals surface area contributed by atoms with Crippen molar-refractivity contribution in [1.29, 1.82) is 0 Å². The van der Waals surface area contributed by atoms with Crippen LogP contribution in [0, 0.1) is 0 Å². The van der Waals surface area contributed by atoms with Gasteiger partial charge in [-0.15, -0.1) is 11.3 Å². The molecule has 0 saturated heterocycles. The van der Waals surface area contributed by atoms with Crippen LogP contribution < -0.4 is 25.5 Å². The van der Waals surface area contributed by atoms with Crippen molar-refractivity contribution >= 4 is 55.4 Å². The number of carbonyl (C=O) groups is 1. The van der Waals surface area contributed by atoms with Crippen molar-refractivity contribution in [2.24, 2.45) is 0 Å². The van der Waals surface area contributed by atoms with E-state index in [1.807, 2.05) is 6.92 Å². The summed E-state index contributed by atoms with van der Waals surface area (Å²) in [4.78, 5) is 14.2. The van der Waals surface area contributed by atoms with Gasteiger partial charge in [0.05, 0.1) is 42.8 Å². The summed E-state index contributed by atoms with van der Waals surface area (Å²) in [7, 11) is 1.52. The zero-order valence-electron chi connectivity index (χ0n) is 20.8. The summed E-state index contributed by atoms with van der Waals surface area (Å²) in [5, 5.41) is 27.2. The van der Waals surface area contributed by atoms with E-state index in [0.717, 1.165) is 18.8 Å². The molecular weight excluding hydrogens is 506 g/mol. The standard InChI is InChI=1S/C24H31N3O7S2/c1-6-34-21-9-15(7-8-20(21)33-4)19(14-36(5,31)32)27-17(11-28)16-13-35-24(23(16)18(27)12-29)25-22(30)10-26(2)3/h7-9,11-13,19,28-29H,6,10,14H2,1-5H3,(H,25,30). The predicted octanol–water partition coefficient (Wildman–Crippen LogP) is 1.84. The highest BCUT2D eigenvalue weighted by Crippen LogP contribution is 2.33. The first-order valence-corrected chi connectivity index (χ1v) is 14.0. The molecule has 3 N–H and O–H groups in total. The van der Waals surface area contributed by atoms with Crippen molar-refractivity contribution in [3.05, 3.63) is 39.8 Å². The van der Waals surface area contributed by atoms with Crippen LogP contribution in [0.4, 0.5) is 5.00 Å². The predicted molar refractivity (Wildman–Crippen MR) is 142 cm³/mol. The molecule has 0 radical (unpaired) electrons. The van der Waals surface area contributed by atoms with Gasteiger partial charge in [0.1, 0.15) is 27.4 Å². The van der Waals surface area contributed by atoms with Crippen molar-refractivity contribution in [2.75, 3.05) is 51.7 Å². The zero-order chi connectivity index (χ0) is 26.6. The molecule has 0 aliphatic rings. The summed E-state index contributed by atoms with van der Waals surface area (Å²) in [5.74, 6) is 0.347. The lowest BCUT2D eigenvalue weighted by Gasteiger charge is -2.21. The molecule has 1 amide bonds. The molecule has 0 spiro atoms. The lowest BCUT2D eigenvalue weighted by atomic mass is 10.1. The number of benzene rings is 1. The van der Waals surface area contributed by atoms with Gasteiger partial charge in [-0.1, -0.05) is 6.07 Å². The first kappa shape index (κ1) is 27.4. The number of ether oxygens (including phenoxy) is 2. The van der Waals surface area contributed by atoms with Gasteiger partial charge in [-0.3, -0.25) is 4.79 Å². The lowest BCUT2D eigenvalue weighted by molar-refractivity contribution is -0.116. The molecule has 12 heteroatoms. The summed E-state index contributed by atoms with van der Waals surface area (Å²) in [5.41, 5.74) is 0.565. The number of anilines is 1. The number of aromatic nitrogens is 1. The van der Waals surface area contributed by atoms with Gasteiger partial charge in [-0.05, 0) is 38.7 Å². The van der Waals surface area contributed by atoms with Crippen LogP contribution in [0.5, 0.6) is 11.5 Å². The number of methoxy groups -OCH3 is 1. The molecule has 3 rings (SSSR count). The number of aliphatic hydroxyl groups is 2. The fourth-order valence-electron chi connectivity index (χ4n) is 4.10. The topological polar surface area (TPSA) is 130 Å². The molecule has 196 valence electrons. The first-order valence-electron chi connectivity index (χ1n) is 11.1. The average Bonchev–Trinajstić information content (AvgIpc) is 3.34. The number of thiophene rings is 1. The maximum Gasteiger partial charge on any atom is 0.239 e. The third-order valence-electron chi connectivity index (χ3n) is 5.44. The molecule has 36 heavy (non-hydrogen) atoms. The Hall–Kier alpha value is -3.22. The van der Waals surface area contributed by atoms with Crippen molar-refractivity contribution in [1.82, 2.24) is 9.47 Å². The number of hydrogen-bond donors (Lipinski definition) is 3. The first-order chi connectivity index (χ1) is 17.0. The summed E-state index contributed by atoms with van der Waals surface area (Å²) in [6.07, 6.45) is 2.84. The molecule has 1 atom stereocenters. The molecule has 0 aliphatic heterocycles. The van der Waals surface area contributed by atoms with Crippen molar-refractivity contribution in [2.45, 2.75) is 13.0 Å². The van der Waals surface area contributed by atoms with Crippen molar-refractivity contribution in [3.63, 3.8) is 0 Å². The second kappa shape index (κ2) is 11.2. The van der Waals surface area contributed by atoms with Crippen LogP contribution in [-0.2, 0) is 14.6 Å². The third-order valence-corrected chi connectivity index (χ3v) is 7.26. The van der Waals surface area contributed by atoms with Crippen LogP contribution >= 0.6 is 11.3 Å². The Bertz CT molecular complexity index is 1470. The molecule has 2 heterocycles. The Morgan fingerprint density at radius 2 is 1.92 bits per heavy atom. The number of hydrogen-bond acceptors (Lipinski definition) is 9. The maximum absolute atomic E-state index is 12.5. The van der Waals surface area contributed by atoms with E-state index in [4.69, 9.17) is 9.47 Å². The lowest BCUT2D eigenvalue weighted by Crippen LogP contribution is -2.36. The number of nitrogens with one attached hydrogen (secondary N) is 1. The molecule has 0 saturated carbocycles. The number of likely N-dealkylation sites (N-methyl/N-ethyl adjacent to an activating group) is 1. The Labute approximate surface area is 213 Å². The SMILES string of the molecule is CCOc1cc(C(CS(C)(=O)=O)n2c(=CO)c3csc(NC(=O)CN(C)C)c3c2=CO)ccc1OC. The van der Waals surface area contributed by atoms with Crippen LogP contribution in [0.1, 0.15) is 18.5 Å². The normalized spacial score (nSPS) is 13.9. The molecule has 10 nitrogen and oxygen atoms in total. The smallest absolute Gasteiger partial charge is 0.239 e. The number of fused-ring (bicyclic) bond motifs is 1. The Kier molecular flexibility index (Phi) is 8.54. The quantitative estimate of drug-likeness (QED) is 0.357. The van der Waals surface area contributed by atoms with Gasteiger partial charge in [-0.2, -0.15) is 0 Å². The van der Waals surface area contributed by atoms with Crippen LogP contribution in [0.3, 0.4) is 0 Å². The van der Waals surface area contributed by atoms with Crippen molar-refractivity contribution < 1.29 is 32.9 Å². The minimum absolute atomic E-state index is 0.153. The third kappa shape index (κ3) is 5.77. The Balaban J connectivity index is 2.30. The molecule has 0 aliphatic carbocycles. The Morgan fingerprint density at radius 3 is 2.47 bits per heavy atom. The van der Waals surface area contributed by atoms with E-state index in [-0.39, 0.29) is 28.9 Å². The Morgan fingerprint density at radius 1 is 1.22 bits per heavy atom.